The van der Waals surface area contributed by atoms with Crippen molar-refractivity contribution in [2.75, 3.05) is 20.2 Å². The van der Waals surface area contributed by atoms with Crippen LogP contribution in [0.5, 0.6) is 0 Å². The van der Waals surface area contributed by atoms with Crippen LogP contribution in [0.15, 0.2) is 54.7 Å². The summed E-state index contributed by atoms with van der Waals surface area (Å²) in [6, 6.07) is 16.6. The molecule has 2 aromatic carbocycles. The summed E-state index contributed by atoms with van der Waals surface area (Å²) in [7, 11) is 1.44. The number of aromatic nitrogens is 2. The molecule has 0 saturated carbocycles. The average Bonchev–Trinajstić information content (AvgIpc) is 2.83. The fourth-order valence-corrected chi connectivity index (χ4v) is 4.43. The maximum atomic E-state index is 11.5. The summed E-state index contributed by atoms with van der Waals surface area (Å²) in [6.45, 7) is 4.72. The molecule has 0 saturated heterocycles. The number of halogens is 1. The Bertz CT molecular complexity index is 1080. The molecule has 1 aliphatic heterocycles. The Kier molecular flexibility index (Phi) is 7.73. The fourth-order valence-electron chi connectivity index (χ4n) is 4.30. The van der Waals surface area contributed by atoms with Gasteiger partial charge in [0.15, 0.2) is 5.82 Å². The quantitative estimate of drug-likeness (QED) is 0.433. The van der Waals surface area contributed by atoms with E-state index in [1.807, 2.05) is 18.3 Å². The molecular weight excluding hydrogens is 434 g/mol. The molecule has 0 N–H and O–H groups in total. The number of hydrogen-bond donors (Lipinski definition) is 0. The van der Waals surface area contributed by atoms with Gasteiger partial charge in [-0.15, -0.1) is 0 Å². The van der Waals surface area contributed by atoms with Gasteiger partial charge in [0.1, 0.15) is 0 Å². The lowest BCUT2D eigenvalue weighted by molar-refractivity contribution is -0.141. The number of carbonyl (C=O) groups is 1. The molecule has 1 aliphatic rings. The van der Waals surface area contributed by atoms with E-state index >= 15 is 0 Å². The van der Waals surface area contributed by atoms with Crippen molar-refractivity contribution in [3.63, 3.8) is 0 Å². The molecule has 2 heterocycles. The zero-order valence-corrected chi connectivity index (χ0v) is 20.0. The highest BCUT2D eigenvalue weighted by Crippen LogP contribution is 2.23. The molecule has 1 aromatic heterocycles. The first kappa shape index (κ1) is 23.4. The van der Waals surface area contributed by atoms with Gasteiger partial charge in [-0.2, -0.15) is 0 Å². The second-order valence-electron chi connectivity index (χ2n) is 8.86. The van der Waals surface area contributed by atoms with Gasteiger partial charge in [0.05, 0.1) is 12.8 Å². The molecule has 33 heavy (non-hydrogen) atoms. The Morgan fingerprint density at radius 3 is 2.42 bits per heavy atom. The minimum absolute atomic E-state index is 0.149. The summed E-state index contributed by atoms with van der Waals surface area (Å²) >= 11 is 5.97. The number of carbonyl (C=O) groups excluding carboxylic acids is 1. The second-order valence-corrected chi connectivity index (χ2v) is 9.30. The van der Waals surface area contributed by atoms with E-state index in [2.05, 4.69) is 53.2 Å². The van der Waals surface area contributed by atoms with Gasteiger partial charge in [-0.25, -0.2) is 9.97 Å². The smallest absolute Gasteiger partial charge is 0.305 e. The topological polar surface area (TPSA) is 55.3 Å². The highest BCUT2D eigenvalue weighted by atomic mass is 35.5. The number of fused-ring (bicyclic) bond motifs is 1. The number of aryl methyl sites for hydroxylation is 2. The predicted molar refractivity (Wildman–Crippen MR) is 131 cm³/mol. The standard InChI is InChI=1S/C27H30ClN3O2/c1-19(15-26(32)33-2)17-31-14-13-25-23(18-31)16-29-27(30-25)22-9-5-20(6-10-22)3-4-21-7-11-24(28)12-8-21/h5-12,16,19H,3-4,13-15,17-18H2,1-2H3/t19-/m1/s1. The molecular formula is C27H30ClN3O2. The van der Waals surface area contributed by atoms with Crippen molar-refractivity contribution in [2.24, 2.45) is 5.92 Å². The molecule has 0 bridgehead atoms. The number of nitrogens with zero attached hydrogens (tertiary/aromatic N) is 3. The van der Waals surface area contributed by atoms with E-state index in [1.165, 1.54) is 23.8 Å². The minimum Gasteiger partial charge on any atom is -0.469 e. The lowest BCUT2D eigenvalue weighted by Gasteiger charge is -2.30. The van der Waals surface area contributed by atoms with Crippen molar-refractivity contribution < 1.29 is 9.53 Å². The Morgan fingerprint density at radius 1 is 1.09 bits per heavy atom. The summed E-state index contributed by atoms with van der Waals surface area (Å²) in [5.74, 6) is 0.895. The van der Waals surface area contributed by atoms with Crippen LogP contribution >= 0.6 is 11.6 Å². The van der Waals surface area contributed by atoms with Crippen molar-refractivity contribution in [3.05, 3.63) is 82.1 Å². The monoisotopic (exact) mass is 463 g/mol. The van der Waals surface area contributed by atoms with Crippen molar-refractivity contribution in [3.8, 4) is 11.4 Å². The molecule has 4 rings (SSSR count). The van der Waals surface area contributed by atoms with E-state index in [4.69, 9.17) is 21.3 Å². The van der Waals surface area contributed by atoms with Crippen LogP contribution in [0.1, 0.15) is 35.7 Å². The molecule has 0 fully saturated rings. The third kappa shape index (κ3) is 6.40. The van der Waals surface area contributed by atoms with Gasteiger partial charge >= 0.3 is 5.97 Å². The lowest BCUT2D eigenvalue weighted by atomic mass is 10.0. The largest absolute Gasteiger partial charge is 0.469 e. The highest BCUT2D eigenvalue weighted by Gasteiger charge is 2.21. The third-order valence-corrected chi connectivity index (χ3v) is 6.41. The maximum Gasteiger partial charge on any atom is 0.305 e. The first-order valence-electron chi connectivity index (χ1n) is 11.5. The van der Waals surface area contributed by atoms with E-state index in [-0.39, 0.29) is 11.9 Å². The summed E-state index contributed by atoms with van der Waals surface area (Å²) in [5, 5.41) is 0.772. The number of benzene rings is 2. The van der Waals surface area contributed by atoms with Crippen LogP contribution in [0, 0.1) is 5.92 Å². The molecule has 0 spiro atoms. The highest BCUT2D eigenvalue weighted by molar-refractivity contribution is 6.30. The SMILES string of the molecule is COC(=O)C[C@@H](C)CN1CCc2nc(-c3ccc(CCc4ccc(Cl)cc4)cc3)ncc2C1. The Morgan fingerprint density at radius 2 is 1.76 bits per heavy atom. The van der Waals surface area contributed by atoms with Crippen molar-refractivity contribution in [2.45, 2.75) is 39.2 Å². The van der Waals surface area contributed by atoms with E-state index in [1.54, 1.807) is 0 Å². The molecule has 0 radical (unpaired) electrons. The number of methoxy groups -OCH3 is 1. The zero-order chi connectivity index (χ0) is 23.2. The summed E-state index contributed by atoms with van der Waals surface area (Å²) in [4.78, 5) is 23.4. The van der Waals surface area contributed by atoms with Crippen molar-refractivity contribution in [1.29, 1.82) is 0 Å². The van der Waals surface area contributed by atoms with Gasteiger partial charge in [0, 0.05) is 54.8 Å². The molecule has 6 heteroatoms. The van der Waals surface area contributed by atoms with Gasteiger partial charge in [-0.3, -0.25) is 9.69 Å². The molecule has 5 nitrogen and oxygen atoms in total. The molecule has 0 unspecified atom stereocenters. The number of rotatable bonds is 8. The number of hydrogen-bond acceptors (Lipinski definition) is 5. The second kappa shape index (κ2) is 10.9. The summed E-state index contributed by atoms with van der Waals surface area (Å²) < 4.78 is 4.78. The van der Waals surface area contributed by atoms with Crippen LogP contribution in [0.25, 0.3) is 11.4 Å². The summed E-state index contributed by atoms with van der Waals surface area (Å²) in [5.41, 5.74) is 5.93. The average molecular weight is 464 g/mol. The predicted octanol–water partition coefficient (Wildman–Crippen LogP) is 5.14. The number of ether oxygens (including phenoxy) is 1. The normalized spacial score (nSPS) is 14.5. The van der Waals surface area contributed by atoms with Crippen LogP contribution in [0.3, 0.4) is 0 Å². The van der Waals surface area contributed by atoms with E-state index in [0.717, 1.165) is 61.0 Å². The van der Waals surface area contributed by atoms with Crippen molar-refractivity contribution in [1.82, 2.24) is 14.9 Å². The van der Waals surface area contributed by atoms with Gasteiger partial charge in [-0.1, -0.05) is 54.9 Å². The fraction of sp³-hybridized carbons (Fsp3) is 0.370. The Labute approximate surface area is 200 Å². The van der Waals surface area contributed by atoms with E-state index in [0.29, 0.717) is 6.42 Å². The van der Waals surface area contributed by atoms with Crippen LogP contribution in [0.4, 0.5) is 0 Å². The number of esters is 1. The maximum absolute atomic E-state index is 11.5. The van der Waals surface area contributed by atoms with Gasteiger partial charge in [0.2, 0.25) is 0 Å². The van der Waals surface area contributed by atoms with Crippen molar-refractivity contribution >= 4 is 17.6 Å². The summed E-state index contributed by atoms with van der Waals surface area (Å²) in [6.07, 6.45) is 5.28. The minimum atomic E-state index is -0.149. The zero-order valence-electron chi connectivity index (χ0n) is 19.3. The first-order chi connectivity index (χ1) is 16.0. The van der Waals surface area contributed by atoms with Crippen LogP contribution in [-0.4, -0.2) is 41.0 Å². The van der Waals surface area contributed by atoms with Crippen LogP contribution < -0.4 is 0 Å². The molecule has 0 amide bonds. The first-order valence-corrected chi connectivity index (χ1v) is 11.9. The molecule has 1 atom stereocenters. The van der Waals surface area contributed by atoms with Gasteiger partial charge < -0.3 is 4.74 Å². The van der Waals surface area contributed by atoms with Gasteiger partial charge in [0.25, 0.3) is 0 Å². The van der Waals surface area contributed by atoms with Crippen LogP contribution in [0.2, 0.25) is 5.02 Å². The van der Waals surface area contributed by atoms with E-state index in [9.17, 15) is 4.79 Å². The molecule has 3 aromatic rings. The molecule has 0 aliphatic carbocycles. The van der Waals surface area contributed by atoms with Crippen LogP contribution in [-0.2, 0) is 35.3 Å². The third-order valence-electron chi connectivity index (χ3n) is 6.15. The Balaban J connectivity index is 1.35. The Hall–Kier alpha value is -2.76. The van der Waals surface area contributed by atoms with Gasteiger partial charge in [-0.05, 0) is 42.0 Å². The lowest BCUT2D eigenvalue weighted by Crippen LogP contribution is -2.35. The van der Waals surface area contributed by atoms with E-state index < -0.39 is 0 Å². The molecule has 172 valence electrons.